The van der Waals surface area contributed by atoms with E-state index >= 15 is 0 Å². The number of hydrogen-bond donors (Lipinski definition) is 1. The van der Waals surface area contributed by atoms with Gasteiger partial charge in [-0.25, -0.2) is 4.39 Å². The van der Waals surface area contributed by atoms with E-state index < -0.39 is 0 Å². The highest BCUT2D eigenvalue weighted by Gasteiger charge is 2.19. The molecule has 0 spiro atoms. The Morgan fingerprint density at radius 3 is 2.45 bits per heavy atom. The first-order valence-electron chi connectivity index (χ1n) is 6.51. The minimum atomic E-state index is -0.314. The second-order valence-electron chi connectivity index (χ2n) is 4.36. The highest BCUT2D eigenvalue weighted by atomic mass is 35.5. The van der Waals surface area contributed by atoms with Crippen molar-refractivity contribution in [3.63, 3.8) is 0 Å². The summed E-state index contributed by atoms with van der Waals surface area (Å²) in [5, 5.41) is 3.52. The van der Waals surface area contributed by atoms with E-state index in [4.69, 9.17) is 16.3 Å². The Morgan fingerprint density at radius 1 is 1.20 bits per heavy atom. The van der Waals surface area contributed by atoms with Crippen LogP contribution in [-0.2, 0) is 0 Å². The molecule has 2 aromatic carbocycles. The fourth-order valence-electron chi connectivity index (χ4n) is 2.19. The molecule has 1 N–H and O–H groups in total. The standard InChI is InChI=1S/C16H17ClFNO/c1-3-20-12-9-7-11(8-10-12)16(19-2)15-13(17)5-4-6-14(15)18/h4-10,16,19H,3H2,1-2H3. The molecule has 2 nitrogen and oxygen atoms in total. The summed E-state index contributed by atoms with van der Waals surface area (Å²) in [4.78, 5) is 0. The summed E-state index contributed by atoms with van der Waals surface area (Å²) in [5.74, 6) is 0.483. The topological polar surface area (TPSA) is 21.3 Å². The van der Waals surface area contributed by atoms with Crippen molar-refractivity contribution >= 4 is 11.6 Å². The van der Waals surface area contributed by atoms with E-state index in [1.165, 1.54) is 6.07 Å². The molecule has 0 saturated heterocycles. The monoisotopic (exact) mass is 293 g/mol. The molecule has 0 amide bonds. The Bertz CT molecular complexity index is 551. The number of benzene rings is 2. The third kappa shape index (κ3) is 3.11. The second kappa shape index (κ2) is 6.73. The molecule has 0 aromatic heterocycles. The minimum Gasteiger partial charge on any atom is -0.494 e. The third-order valence-corrected chi connectivity index (χ3v) is 3.43. The van der Waals surface area contributed by atoms with Gasteiger partial charge in [0.1, 0.15) is 11.6 Å². The first-order valence-corrected chi connectivity index (χ1v) is 6.89. The molecule has 2 rings (SSSR count). The molecule has 2 aromatic rings. The summed E-state index contributed by atoms with van der Waals surface area (Å²) >= 11 is 6.13. The zero-order valence-electron chi connectivity index (χ0n) is 11.5. The van der Waals surface area contributed by atoms with Gasteiger partial charge < -0.3 is 10.1 Å². The van der Waals surface area contributed by atoms with Gasteiger partial charge in [-0.3, -0.25) is 0 Å². The zero-order chi connectivity index (χ0) is 14.5. The highest BCUT2D eigenvalue weighted by Crippen LogP contribution is 2.31. The van der Waals surface area contributed by atoms with Crippen molar-refractivity contribution in [1.29, 1.82) is 0 Å². The zero-order valence-corrected chi connectivity index (χ0v) is 12.2. The summed E-state index contributed by atoms with van der Waals surface area (Å²) < 4.78 is 19.4. The largest absolute Gasteiger partial charge is 0.494 e. The summed E-state index contributed by atoms with van der Waals surface area (Å²) in [6, 6.07) is 12.0. The van der Waals surface area contributed by atoms with Gasteiger partial charge in [0, 0.05) is 10.6 Å². The number of ether oxygens (including phenoxy) is 1. The van der Waals surface area contributed by atoms with Crippen molar-refractivity contribution in [2.45, 2.75) is 13.0 Å². The molecule has 0 aliphatic rings. The quantitative estimate of drug-likeness (QED) is 0.892. The molecule has 0 aliphatic carbocycles. The van der Waals surface area contributed by atoms with Crippen molar-refractivity contribution in [3.8, 4) is 5.75 Å². The van der Waals surface area contributed by atoms with Crippen LogP contribution >= 0.6 is 11.6 Å². The lowest BCUT2D eigenvalue weighted by molar-refractivity contribution is 0.340. The fourth-order valence-corrected chi connectivity index (χ4v) is 2.46. The number of nitrogens with one attached hydrogen (secondary N) is 1. The predicted molar refractivity (Wildman–Crippen MR) is 79.9 cm³/mol. The molecular formula is C16H17ClFNO. The molecule has 0 heterocycles. The van der Waals surface area contributed by atoms with E-state index in [-0.39, 0.29) is 11.9 Å². The van der Waals surface area contributed by atoms with Crippen LogP contribution in [0.15, 0.2) is 42.5 Å². The van der Waals surface area contributed by atoms with Crippen LogP contribution in [0.1, 0.15) is 24.1 Å². The summed E-state index contributed by atoms with van der Waals surface area (Å²) in [6.45, 7) is 2.55. The van der Waals surface area contributed by atoms with Crippen LogP contribution in [-0.4, -0.2) is 13.7 Å². The van der Waals surface area contributed by atoms with Crippen LogP contribution in [0, 0.1) is 5.82 Å². The lowest BCUT2D eigenvalue weighted by atomic mass is 9.98. The van der Waals surface area contributed by atoms with Crippen LogP contribution in [0.25, 0.3) is 0 Å². The number of hydrogen-bond acceptors (Lipinski definition) is 2. The Balaban J connectivity index is 2.37. The smallest absolute Gasteiger partial charge is 0.129 e. The summed E-state index contributed by atoms with van der Waals surface area (Å²) in [6.07, 6.45) is 0. The molecule has 4 heteroatoms. The van der Waals surface area contributed by atoms with E-state index in [1.54, 1.807) is 19.2 Å². The Morgan fingerprint density at radius 2 is 1.90 bits per heavy atom. The first-order chi connectivity index (χ1) is 9.67. The fraction of sp³-hybridized carbons (Fsp3) is 0.250. The normalized spacial score (nSPS) is 12.2. The number of halogens is 2. The molecule has 20 heavy (non-hydrogen) atoms. The van der Waals surface area contributed by atoms with Gasteiger partial charge in [-0.1, -0.05) is 29.8 Å². The summed E-state index contributed by atoms with van der Waals surface area (Å²) in [7, 11) is 1.78. The van der Waals surface area contributed by atoms with Gasteiger partial charge in [-0.2, -0.15) is 0 Å². The molecule has 0 aliphatic heterocycles. The van der Waals surface area contributed by atoms with Gasteiger partial charge in [-0.15, -0.1) is 0 Å². The van der Waals surface area contributed by atoms with Gasteiger partial charge in [0.25, 0.3) is 0 Å². The van der Waals surface area contributed by atoms with Crippen LogP contribution < -0.4 is 10.1 Å². The van der Waals surface area contributed by atoms with E-state index in [0.717, 1.165) is 11.3 Å². The minimum absolute atomic E-state index is 0.292. The van der Waals surface area contributed by atoms with E-state index in [0.29, 0.717) is 17.2 Å². The maximum absolute atomic E-state index is 14.0. The Hall–Kier alpha value is -1.58. The second-order valence-corrected chi connectivity index (χ2v) is 4.77. The van der Waals surface area contributed by atoms with Gasteiger partial charge in [-0.05, 0) is 43.8 Å². The molecule has 0 bridgehead atoms. The van der Waals surface area contributed by atoms with Crippen LogP contribution in [0.4, 0.5) is 4.39 Å². The van der Waals surface area contributed by atoms with Crippen molar-refractivity contribution in [3.05, 3.63) is 64.4 Å². The number of rotatable bonds is 5. The van der Waals surface area contributed by atoms with Crippen molar-refractivity contribution in [1.82, 2.24) is 5.32 Å². The molecular weight excluding hydrogens is 277 g/mol. The van der Waals surface area contributed by atoms with Crippen LogP contribution in [0.5, 0.6) is 5.75 Å². The Kier molecular flexibility index (Phi) is 4.99. The molecule has 106 valence electrons. The lowest BCUT2D eigenvalue weighted by Gasteiger charge is -2.19. The van der Waals surface area contributed by atoms with Crippen molar-refractivity contribution in [2.75, 3.05) is 13.7 Å². The molecule has 0 saturated carbocycles. The van der Waals surface area contributed by atoms with Gasteiger partial charge >= 0.3 is 0 Å². The van der Waals surface area contributed by atoms with Gasteiger partial charge in [0.15, 0.2) is 0 Å². The predicted octanol–water partition coefficient (Wildman–Crippen LogP) is 4.19. The maximum atomic E-state index is 14.0. The summed E-state index contributed by atoms with van der Waals surface area (Å²) in [5.41, 5.74) is 1.39. The van der Waals surface area contributed by atoms with Gasteiger partial charge in [0.2, 0.25) is 0 Å². The van der Waals surface area contributed by atoms with Crippen LogP contribution in [0.3, 0.4) is 0 Å². The molecule has 1 atom stereocenters. The lowest BCUT2D eigenvalue weighted by Crippen LogP contribution is -2.19. The Labute approximate surface area is 123 Å². The van der Waals surface area contributed by atoms with Gasteiger partial charge in [0.05, 0.1) is 12.6 Å². The molecule has 1 unspecified atom stereocenters. The van der Waals surface area contributed by atoms with Crippen LogP contribution in [0.2, 0.25) is 5.02 Å². The molecule has 0 fully saturated rings. The average molecular weight is 294 g/mol. The SMILES string of the molecule is CCOc1ccc(C(NC)c2c(F)cccc2Cl)cc1. The highest BCUT2D eigenvalue weighted by molar-refractivity contribution is 6.31. The van der Waals surface area contributed by atoms with E-state index in [1.807, 2.05) is 31.2 Å². The first kappa shape index (κ1) is 14.8. The van der Waals surface area contributed by atoms with Crippen molar-refractivity contribution < 1.29 is 9.13 Å². The maximum Gasteiger partial charge on any atom is 0.129 e. The average Bonchev–Trinajstić information content (AvgIpc) is 2.45. The van der Waals surface area contributed by atoms with Crippen molar-refractivity contribution in [2.24, 2.45) is 0 Å². The van der Waals surface area contributed by atoms with E-state index in [2.05, 4.69) is 5.32 Å². The third-order valence-electron chi connectivity index (χ3n) is 3.10. The molecule has 0 radical (unpaired) electrons. The van der Waals surface area contributed by atoms with E-state index in [9.17, 15) is 4.39 Å².